The van der Waals surface area contributed by atoms with Crippen molar-refractivity contribution in [1.82, 2.24) is 19.6 Å². The Morgan fingerprint density at radius 3 is 3.05 bits per heavy atom. The maximum Gasteiger partial charge on any atom is 0.275 e. The summed E-state index contributed by atoms with van der Waals surface area (Å²) in [5, 5.41) is 10.7. The van der Waals surface area contributed by atoms with E-state index in [4.69, 9.17) is 0 Å². The normalized spacial score (nSPS) is 11.1. The minimum Gasteiger partial charge on any atom is -0.321 e. The summed E-state index contributed by atoms with van der Waals surface area (Å²) < 4.78 is 1.90. The van der Waals surface area contributed by atoms with Crippen molar-refractivity contribution in [1.29, 1.82) is 0 Å². The van der Waals surface area contributed by atoms with Crippen molar-refractivity contribution in [3.05, 3.63) is 60.2 Å². The van der Waals surface area contributed by atoms with E-state index < -0.39 is 0 Å². The molecule has 22 heavy (non-hydrogen) atoms. The third-order valence-electron chi connectivity index (χ3n) is 3.63. The number of rotatable bonds is 2. The molecule has 0 atom stereocenters. The molecule has 108 valence electrons. The summed E-state index contributed by atoms with van der Waals surface area (Å²) in [7, 11) is 0. The first kappa shape index (κ1) is 12.6. The molecule has 6 heteroatoms. The van der Waals surface area contributed by atoms with Crippen LogP contribution in [0.1, 0.15) is 16.2 Å². The molecule has 0 bridgehead atoms. The fraction of sp³-hybridized carbons (Fsp3) is 0.0625. The van der Waals surface area contributed by atoms with E-state index >= 15 is 0 Å². The number of imidazole rings is 1. The van der Waals surface area contributed by atoms with Crippen LogP contribution in [0, 0.1) is 6.92 Å². The van der Waals surface area contributed by atoms with Crippen molar-refractivity contribution in [2.45, 2.75) is 6.92 Å². The maximum atomic E-state index is 12.4. The summed E-state index contributed by atoms with van der Waals surface area (Å²) in [6.45, 7) is 1.97. The van der Waals surface area contributed by atoms with Gasteiger partial charge in [0.05, 0.1) is 11.7 Å². The number of hydrogen-bond acceptors (Lipinski definition) is 3. The molecule has 3 aromatic heterocycles. The van der Waals surface area contributed by atoms with Crippen LogP contribution in [0.3, 0.4) is 0 Å². The number of carbonyl (C=O) groups is 1. The summed E-state index contributed by atoms with van der Waals surface area (Å²) in [4.78, 5) is 16.7. The van der Waals surface area contributed by atoms with Gasteiger partial charge in [-0.25, -0.2) is 4.98 Å². The fourth-order valence-electron chi connectivity index (χ4n) is 2.47. The zero-order valence-corrected chi connectivity index (χ0v) is 11.9. The lowest BCUT2D eigenvalue weighted by molar-refractivity contribution is 0.102. The van der Waals surface area contributed by atoms with Gasteiger partial charge < -0.3 is 9.72 Å². The standard InChI is InChI=1S/C16H13N5O/c1-10-3-2-4-15-19-14(9-21(10)15)16(22)18-12-6-5-11-8-17-20-13(11)7-12/h2-9H,1H3,(H,17,20)(H,18,22). The van der Waals surface area contributed by atoms with Gasteiger partial charge in [0.2, 0.25) is 0 Å². The fourth-order valence-corrected chi connectivity index (χ4v) is 2.47. The van der Waals surface area contributed by atoms with Crippen LogP contribution >= 0.6 is 0 Å². The van der Waals surface area contributed by atoms with Gasteiger partial charge >= 0.3 is 0 Å². The molecule has 0 aliphatic heterocycles. The van der Waals surface area contributed by atoms with Crippen LogP contribution in [0.15, 0.2) is 48.8 Å². The molecule has 0 spiro atoms. The summed E-state index contributed by atoms with van der Waals surface area (Å²) >= 11 is 0. The van der Waals surface area contributed by atoms with Gasteiger partial charge in [-0.3, -0.25) is 9.89 Å². The zero-order chi connectivity index (χ0) is 15.1. The molecule has 0 saturated carbocycles. The van der Waals surface area contributed by atoms with E-state index in [-0.39, 0.29) is 5.91 Å². The molecule has 4 aromatic rings. The Morgan fingerprint density at radius 1 is 1.27 bits per heavy atom. The van der Waals surface area contributed by atoms with Gasteiger partial charge in [0.1, 0.15) is 11.3 Å². The van der Waals surface area contributed by atoms with Crippen molar-refractivity contribution < 1.29 is 4.79 Å². The predicted octanol–water partition coefficient (Wildman–Crippen LogP) is 2.77. The summed E-state index contributed by atoms with van der Waals surface area (Å²) in [5.74, 6) is -0.234. The number of aromatic nitrogens is 4. The number of fused-ring (bicyclic) bond motifs is 2. The molecule has 4 rings (SSSR count). The number of nitrogens with zero attached hydrogens (tertiary/aromatic N) is 3. The topological polar surface area (TPSA) is 75.1 Å². The summed E-state index contributed by atoms with van der Waals surface area (Å²) in [5.41, 5.74) is 3.76. The summed E-state index contributed by atoms with van der Waals surface area (Å²) in [6.07, 6.45) is 3.49. The predicted molar refractivity (Wildman–Crippen MR) is 84.0 cm³/mol. The van der Waals surface area contributed by atoms with Crippen LogP contribution in [0.2, 0.25) is 0 Å². The van der Waals surface area contributed by atoms with Crippen molar-refractivity contribution in [3.63, 3.8) is 0 Å². The molecule has 6 nitrogen and oxygen atoms in total. The first-order valence-corrected chi connectivity index (χ1v) is 6.90. The monoisotopic (exact) mass is 291 g/mol. The highest BCUT2D eigenvalue weighted by Crippen LogP contribution is 2.17. The first-order chi connectivity index (χ1) is 10.7. The lowest BCUT2D eigenvalue weighted by Gasteiger charge is -2.02. The number of carbonyl (C=O) groups excluding carboxylic acids is 1. The second kappa shape index (κ2) is 4.70. The van der Waals surface area contributed by atoms with Crippen LogP contribution in [-0.2, 0) is 0 Å². The quantitative estimate of drug-likeness (QED) is 0.596. The maximum absolute atomic E-state index is 12.4. The minimum absolute atomic E-state index is 0.234. The molecule has 0 aliphatic carbocycles. The molecule has 1 amide bonds. The number of hydrogen-bond donors (Lipinski definition) is 2. The van der Waals surface area contributed by atoms with Gasteiger partial charge in [0.25, 0.3) is 5.91 Å². The van der Waals surface area contributed by atoms with Crippen LogP contribution in [-0.4, -0.2) is 25.5 Å². The van der Waals surface area contributed by atoms with E-state index in [9.17, 15) is 4.79 Å². The number of nitrogens with one attached hydrogen (secondary N) is 2. The van der Waals surface area contributed by atoms with Crippen LogP contribution in [0.5, 0.6) is 0 Å². The third-order valence-corrected chi connectivity index (χ3v) is 3.63. The van der Waals surface area contributed by atoms with E-state index in [0.717, 1.165) is 22.2 Å². The second-order valence-electron chi connectivity index (χ2n) is 5.15. The van der Waals surface area contributed by atoms with Gasteiger partial charge in [-0.05, 0) is 37.3 Å². The van der Waals surface area contributed by atoms with Crippen molar-refractivity contribution in [2.75, 3.05) is 5.32 Å². The van der Waals surface area contributed by atoms with Gasteiger partial charge in [-0.2, -0.15) is 5.10 Å². The van der Waals surface area contributed by atoms with E-state index in [1.165, 1.54) is 0 Å². The number of pyridine rings is 1. The molecule has 0 aliphatic rings. The van der Waals surface area contributed by atoms with Crippen LogP contribution in [0.25, 0.3) is 16.6 Å². The lowest BCUT2D eigenvalue weighted by Crippen LogP contribution is -2.12. The van der Waals surface area contributed by atoms with E-state index in [1.54, 1.807) is 12.4 Å². The highest BCUT2D eigenvalue weighted by molar-refractivity contribution is 6.04. The zero-order valence-electron chi connectivity index (χ0n) is 11.9. The number of benzene rings is 1. The number of anilines is 1. The molecule has 2 N–H and O–H groups in total. The first-order valence-electron chi connectivity index (χ1n) is 6.90. The number of aromatic amines is 1. The van der Waals surface area contributed by atoms with Gasteiger partial charge in [0.15, 0.2) is 0 Å². The van der Waals surface area contributed by atoms with Crippen LogP contribution < -0.4 is 5.32 Å². The number of amides is 1. The highest BCUT2D eigenvalue weighted by Gasteiger charge is 2.12. The Kier molecular flexibility index (Phi) is 2.69. The molecule has 3 heterocycles. The Morgan fingerprint density at radius 2 is 2.18 bits per heavy atom. The van der Waals surface area contributed by atoms with Crippen molar-refractivity contribution in [2.24, 2.45) is 0 Å². The average molecular weight is 291 g/mol. The highest BCUT2D eigenvalue weighted by atomic mass is 16.1. The van der Waals surface area contributed by atoms with Crippen molar-refractivity contribution >= 4 is 28.1 Å². The largest absolute Gasteiger partial charge is 0.321 e. The Labute approximate surface area is 125 Å². The molecular formula is C16H13N5O. The number of aryl methyl sites for hydroxylation is 1. The molecular weight excluding hydrogens is 278 g/mol. The lowest BCUT2D eigenvalue weighted by atomic mass is 10.2. The smallest absolute Gasteiger partial charge is 0.275 e. The second-order valence-corrected chi connectivity index (χ2v) is 5.15. The molecule has 0 unspecified atom stereocenters. The van der Waals surface area contributed by atoms with E-state index in [0.29, 0.717) is 11.4 Å². The average Bonchev–Trinajstić information content (AvgIpc) is 3.13. The summed E-state index contributed by atoms with van der Waals surface area (Å²) in [6, 6.07) is 11.4. The molecule has 1 aromatic carbocycles. The Bertz CT molecular complexity index is 998. The Hall–Kier alpha value is -3.15. The minimum atomic E-state index is -0.234. The SMILES string of the molecule is Cc1cccc2nc(C(=O)Nc3ccc4cn[nH]c4c3)cn12. The van der Waals surface area contributed by atoms with Gasteiger partial charge in [0, 0.05) is 23.0 Å². The number of H-pyrrole nitrogens is 1. The van der Waals surface area contributed by atoms with Gasteiger partial charge in [-0.15, -0.1) is 0 Å². The van der Waals surface area contributed by atoms with Crippen molar-refractivity contribution in [3.8, 4) is 0 Å². The Balaban J connectivity index is 1.66. The molecule has 0 saturated heterocycles. The third kappa shape index (κ3) is 2.01. The molecule has 0 radical (unpaired) electrons. The van der Waals surface area contributed by atoms with E-state index in [2.05, 4.69) is 20.5 Å². The molecule has 0 fully saturated rings. The van der Waals surface area contributed by atoms with Crippen LogP contribution in [0.4, 0.5) is 5.69 Å². The van der Waals surface area contributed by atoms with Gasteiger partial charge in [-0.1, -0.05) is 6.07 Å². The van der Waals surface area contributed by atoms with E-state index in [1.807, 2.05) is 47.7 Å².